The van der Waals surface area contributed by atoms with Gasteiger partial charge in [0.1, 0.15) is 0 Å². The van der Waals surface area contributed by atoms with Crippen molar-refractivity contribution in [2.45, 2.75) is 34.1 Å². The van der Waals surface area contributed by atoms with Gasteiger partial charge in [0, 0.05) is 29.8 Å². The lowest BCUT2D eigenvalue weighted by molar-refractivity contribution is 0.946. The largest absolute Gasteiger partial charge is 0.341 e. The fraction of sp³-hybridized carbons (Fsp3) is 0.353. The van der Waals surface area contributed by atoms with E-state index in [1.165, 1.54) is 16.8 Å². The number of anilines is 1. The summed E-state index contributed by atoms with van der Waals surface area (Å²) in [5, 5.41) is 0. The lowest BCUT2D eigenvalue weighted by Gasteiger charge is -2.23. The molecule has 0 amide bonds. The van der Waals surface area contributed by atoms with Gasteiger partial charge >= 0.3 is 0 Å². The predicted octanol–water partition coefficient (Wildman–Crippen LogP) is 4.26. The van der Waals surface area contributed by atoms with Gasteiger partial charge in [-0.2, -0.15) is 0 Å². The highest BCUT2D eigenvalue weighted by atomic mass is 15.2. The Morgan fingerprint density at radius 3 is 2.79 bits per heavy atom. The standard InChI is InChI=1S/C17H22N2/c1-6-18-14(4)13(3)15(5)19-10-9-16-11-12(2)7-8-17(16)19/h6-8,11H,5,9-10H2,1-4H3/b14-13-,18-6?. The quantitative estimate of drug-likeness (QED) is 0.581. The third-order valence-electron chi connectivity index (χ3n) is 3.75. The second-order valence-electron chi connectivity index (χ2n) is 5.08. The van der Waals surface area contributed by atoms with Crippen molar-refractivity contribution < 1.29 is 0 Å². The van der Waals surface area contributed by atoms with E-state index in [9.17, 15) is 0 Å². The first kappa shape index (κ1) is 13.6. The van der Waals surface area contributed by atoms with E-state index in [0.29, 0.717) is 0 Å². The molecule has 1 aliphatic rings. The van der Waals surface area contributed by atoms with E-state index < -0.39 is 0 Å². The number of benzene rings is 1. The molecule has 0 unspecified atom stereocenters. The Kier molecular flexibility index (Phi) is 3.89. The lowest BCUT2D eigenvalue weighted by atomic mass is 10.1. The summed E-state index contributed by atoms with van der Waals surface area (Å²) in [7, 11) is 0. The summed E-state index contributed by atoms with van der Waals surface area (Å²) < 4.78 is 0. The first-order chi connectivity index (χ1) is 9.04. The minimum Gasteiger partial charge on any atom is -0.341 e. The smallest absolute Gasteiger partial charge is 0.0444 e. The first-order valence-electron chi connectivity index (χ1n) is 6.77. The van der Waals surface area contributed by atoms with Crippen LogP contribution in [0.15, 0.2) is 46.7 Å². The van der Waals surface area contributed by atoms with E-state index >= 15 is 0 Å². The van der Waals surface area contributed by atoms with Crippen LogP contribution in [0.4, 0.5) is 5.69 Å². The van der Waals surface area contributed by atoms with Crippen LogP contribution in [0.3, 0.4) is 0 Å². The predicted molar refractivity (Wildman–Crippen MR) is 83.9 cm³/mol. The molecule has 0 radical (unpaired) electrons. The van der Waals surface area contributed by atoms with Crippen LogP contribution < -0.4 is 4.90 Å². The van der Waals surface area contributed by atoms with Crippen LogP contribution in [0.25, 0.3) is 0 Å². The number of aliphatic imine (C=N–C) groups is 1. The van der Waals surface area contributed by atoms with Gasteiger partial charge in [0.25, 0.3) is 0 Å². The van der Waals surface area contributed by atoms with E-state index in [2.05, 4.69) is 48.5 Å². The Balaban J connectivity index is 2.32. The van der Waals surface area contributed by atoms with Crippen LogP contribution in [0.5, 0.6) is 0 Å². The van der Waals surface area contributed by atoms with Gasteiger partial charge in [-0.25, -0.2) is 0 Å². The van der Waals surface area contributed by atoms with Gasteiger partial charge in [0.15, 0.2) is 0 Å². The number of aryl methyl sites for hydroxylation is 1. The number of nitrogens with zero attached hydrogens (tertiary/aromatic N) is 2. The zero-order chi connectivity index (χ0) is 14.0. The summed E-state index contributed by atoms with van der Waals surface area (Å²) >= 11 is 0. The Morgan fingerprint density at radius 2 is 2.11 bits per heavy atom. The molecule has 2 heteroatoms. The highest BCUT2D eigenvalue weighted by Gasteiger charge is 2.22. The summed E-state index contributed by atoms with van der Waals surface area (Å²) in [6.07, 6.45) is 2.92. The van der Waals surface area contributed by atoms with E-state index in [1.807, 2.05) is 20.1 Å². The van der Waals surface area contributed by atoms with Crippen molar-refractivity contribution in [3.05, 3.63) is 52.9 Å². The molecule has 0 saturated carbocycles. The van der Waals surface area contributed by atoms with Crippen molar-refractivity contribution in [3.8, 4) is 0 Å². The van der Waals surface area contributed by atoms with Crippen molar-refractivity contribution >= 4 is 11.9 Å². The molecule has 1 aliphatic heterocycles. The average Bonchev–Trinajstić information content (AvgIpc) is 2.80. The molecule has 0 aliphatic carbocycles. The molecule has 0 atom stereocenters. The molecule has 1 heterocycles. The Hall–Kier alpha value is -1.83. The molecule has 100 valence electrons. The molecule has 0 bridgehead atoms. The first-order valence-corrected chi connectivity index (χ1v) is 6.77. The normalized spacial score (nSPS) is 15.7. The van der Waals surface area contributed by atoms with Crippen molar-refractivity contribution in [1.29, 1.82) is 0 Å². The van der Waals surface area contributed by atoms with Crippen LogP contribution >= 0.6 is 0 Å². The molecule has 1 aromatic carbocycles. The summed E-state index contributed by atoms with van der Waals surface area (Å²) in [6, 6.07) is 6.65. The van der Waals surface area contributed by atoms with Crippen molar-refractivity contribution in [2.75, 3.05) is 11.4 Å². The zero-order valence-electron chi connectivity index (χ0n) is 12.3. The molecular weight excluding hydrogens is 232 g/mol. The molecular formula is C17H22N2. The molecule has 0 saturated heterocycles. The average molecular weight is 254 g/mol. The number of allylic oxidation sites excluding steroid dienone is 2. The van der Waals surface area contributed by atoms with Crippen LogP contribution in [0.1, 0.15) is 31.9 Å². The molecule has 0 fully saturated rings. The van der Waals surface area contributed by atoms with Crippen molar-refractivity contribution in [2.24, 2.45) is 4.99 Å². The van der Waals surface area contributed by atoms with E-state index in [1.54, 1.807) is 0 Å². The minimum atomic E-state index is 1.01. The number of fused-ring (bicyclic) bond motifs is 1. The zero-order valence-corrected chi connectivity index (χ0v) is 12.3. The van der Waals surface area contributed by atoms with Crippen LogP contribution in [-0.4, -0.2) is 12.8 Å². The van der Waals surface area contributed by atoms with Crippen LogP contribution in [0, 0.1) is 6.92 Å². The maximum Gasteiger partial charge on any atom is 0.0444 e. The summed E-state index contributed by atoms with van der Waals surface area (Å²) in [4.78, 5) is 6.66. The number of hydrogen-bond acceptors (Lipinski definition) is 2. The molecule has 19 heavy (non-hydrogen) atoms. The SMILES string of the molecule is C=C(/C(C)=C(/C)N=CC)N1CCc2cc(C)ccc21. The van der Waals surface area contributed by atoms with Crippen molar-refractivity contribution in [1.82, 2.24) is 0 Å². The van der Waals surface area contributed by atoms with Gasteiger partial charge in [0.2, 0.25) is 0 Å². The Morgan fingerprint density at radius 1 is 1.37 bits per heavy atom. The highest BCUT2D eigenvalue weighted by Crippen LogP contribution is 2.33. The van der Waals surface area contributed by atoms with E-state index in [-0.39, 0.29) is 0 Å². The molecule has 0 spiro atoms. The maximum absolute atomic E-state index is 4.35. The van der Waals surface area contributed by atoms with Gasteiger partial charge in [-0.1, -0.05) is 24.3 Å². The monoisotopic (exact) mass is 254 g/mol. The highest BCUT2D eigenvalue weighted by molar-refractivity contribution is 5.65. The lowest BCUT2D eigenvalue weighted by Crippen LogP contribution is -2.20. The third kappa shape index (κ3) is 2.62. The topological polar surface area (TPSA) is 15.6 Å². The van der Waals surface area contributed by atoms with E-state index in [4.69, 9.17) is 0 Å². The van der Waals surface area contributed by atoms with E-state index in [0.717, 1.165) is 29.9 Å². The van der Waals surface area contributed by atoms with Gasteiger partial charge in [-0.15, -0.1) is 0 Å². The van der Waals surface area contributed by atoms with Crippen LogP contribution in [0.2, 0.25) is 0 Å². The Labute approximate surface area is 116 Å². The minimum absolute atomic E-state index is 1.01. The van der Waals surface area contributed by atoms with Gasteiger partial charge in [-0.3, -0.25) is 4.99 Å². The molecule has 2 rings (SSSR count). The molecule has 1 aromatic rings. The number of hydrogen-bond donors (Lipinski definition) is 0. The van der Waals surface area contributed by atoms with Gasteiger partial charge in [0.05, 0.1) is 0 Å². The van der Waals surface area contributed by atoms with Gasteiger partial charge in [-0.05, 0) is 51.3 Å². The summed E-state index contributed by atoms with van der Waals surface area (Å²) in [5.74, 6) is 0. The Bertz CT molecular complexity index is 565. The third-order valence-corrected chi connectivity index (χ3v) is 3.75. The second-order valence-corrected chi connectivity index (χ2v) is 5.08. The number of rotatable bonds is 3. The van der Waals surface area contributed by atoms with Crippen LogP contribution in [-0.2, 0) is 6.42 Å². The maximum atomic E-state index is 4.35. The molecule has 0 aromatic heterocycles. The summed E-state index contributed by atoms with van der Waals surface area (Å²) in [6.45, 7) is 13.5. The summed E-state index contributed by atoms with van der Waals surface area (Å²) in [5.41, 5.74) is 7.30. The van der Waals surface area contributed by atoms with Gasteiger partial charge < -0.3 is 4.90 Å². The second kappa shape index (κ2) is 5.43. The molecule has 0 N–H and O–H groups in total. The fourth-order valence-corrected chi connectivity index (χ4v) is 2.51. The fourth-order valence-electron chi connectivity index (χ4n) is 2.51. The molecule has 2 nitrogen and oxygen atoms in total. The van der Waals surface area contributed by atoms with Crippen molar-refractivity contribution in [3.63, 3.8) is 0 Å².